The van der Waals surface area contributed by atoms with E-state index in [-0.39, 0.29) is 17.6 Å². The van der Waals surface area contributed by atoms with Crippen molar-refractivity contribution in [1.82, 2.24) is 0 Å². The van der Waals surface area contributed by atoms with Gasteiger partial charge in [0.25, 0.3) is 0 Å². The lowest BCUT2D eigenvalue weighted by Gasteiger charge is -2.45. The van der Waals surface area contributed by atoms with Crippen molar-refractivity contribution in [1.29, 1.82) is 0 Å². The average molecular weight is 483 g/mol. The van der Waals surface area contributed by atoms with Crippen molar-refractivity contribution in [2.75, 3.05) is 0 Å². The van der Waals surface area contributed by atoms with Crippen LogP contribution in [0.5, 0.6) is 11.5 Å². The van der Waals surface area contributed by atoms with Crippen LogP contribution < -0.4 is 9.47 Å². The van der Waals surface area contributed by atoms with Gasteiger partial charge in [-0.3, -0.25) is 4.79 Å². The van der Waals surface area contributed by atoms with E-state index in [1.807, 2.05) is 0 Å². The lowest BCUT2D eigenvalue weighted by Crippen LogP contribution is -2.40. The number of ether oxygens (including phenoxy) is 2. The zero-order chi connectivity index (χ0) is 24.2. The van der Waals surface area contributed by atoms with Gasteiger partial charge in [0, 0.05) is 12.1 Å². The first-order chi connectivity index (χ1) is 16.4. The molecular weight excluding hydrogens is 448 g/mol. The zero-order valence-corrected chi connectivity index (χ0v) is 19.7. The molecule has 188 valence electrons. The molecule has 4 rings (SSSR count). The van der Waals surface area contributed by atoms with Crippen molar-refractivity contribution in [3.05, 3.63) is 35.9 Å². The van der Waals surface area contributed by atoms with Crippen LogP contribution in [0.3, 0.4) is 0 Å². The van der Waals surface area contributed by atoms with Crippen molar-refractivity contribution in [3.63, 3.8) is 0 Å². The fourth-order valence-electron chi connectivity index (χ4n) is 6.79. The van der Waals surface area contributed by atoms with Gasteiger partial charge in [0.05, 0.1) is 5.92 Å². The molecular formula is C27H34F4O3. The van der Waals surface area contributed by atoms with Gasteiger partial charge in [0.15, 0.2) is 17.4 Å². The van der Waals surface area contributed by atoms with Crippen molar-refractivity contribution >= 4 is 5.97 Å². The van der Waals surface area contributed by atoms with E-state index in [0.717, 1.165) is 56.1 Å². The molecule has 0 saturated heterocycles. The summed E-state index contributed by atoms with van der Waals surface area (Å²) < 4.78 is 61.9. The molecule has 0 radical (unpaired) electrons. The number of hydrogen-bond acceptors (Lipinski definition) is 3. The number of fused-ring (bicyclic) bond motifs is 1. The van der Waals surface area contributed by atoms with Gasteiger partial charge >= 0.3 is 12.6 Å². The van der Waals surface area contributed by atoms with Crippen LogP contribution in [0.4, 0.5) is 17.6 Å². The van der Waals surface area contributed by atoms with E-state index in [2.05, 4.69) is 23.8 Å². The largest absolute Gasteiger partial charge is 0.429 e. The molecule has 1 aromatic rings. The van der Waals surface area contributed by atoms with E-state index in [1.54, 1.807) is 0 Å². The zero-order valence-electron chi connectivity index (χ0n) is 19.7. The van der Waals surface area contributed by atoms with Crippen LogP contribution in [-0.2, 0) is 4.79 Å². The number of benzene rings is 1. The fourth-order valence-corrected chi connectivity index (χ4v) is 6.79. The lowest BCUT2D eigenvalue weighted by molar-refractivity contribution is -0.144. The van der Waals surface area contributed by atoms with Crippen molar-refractivity contribution in [3.8, 4) is 11.5 Å². The predicted octanol–water partition coefficient (Wildman–Crippen LogP) is 7.69. The third-order valence-corrected chi connectivity index (χ3v) is 8.34. The summed E-state index contributed by atoms with van der Waals surface area (Å²) in [6, 6.07) is 1.44. The van der Waals surface area contributed by atoms with Crippen LogP contribution in [0, 0.1) is 47.1 Å². The molecule has 7 heteroatoms. The summed E-state index contributed by atoms with van der Waals surface area (Å²) in [5.74, 6) is -2.01. The number of carbonyl (C=O) groups excluding carboxylic acids is 1. The molecule has 4 unspecified atom stereocenters. The Bertz CT molecular complexity index is 856. The normalized spacial score (nSPS) is 31.9. The Morgan fingerprint density at radius 2 is 1.62 bits per heavy atom. The lowest BCUT2D eigenvalue weighted by atomic mass is 9.59. The Morgan fingerprint density at radius 3 is 2.26 bits per heavy atom. The highest BCUT2D eigenvalue weighted by Crippen LogP contribution is 2.50. The highest BCUT2D eigenvalue weighted by molar-refractivity contribution is 5.75. The van der Waals surface area contributed by atoms with Gasteiger partial charge in [-0.25, -0.2) is 8.78 Å². The first-order valence-electron chi connectivity index (χ1n) is 12.6. The van der Waals surface area contributed by atoms with Gasteiger partial charge in [-0.1, -0.05) is 25.0 Å². The summed E-state index contributed by atoms with van der Waals surface area (Å²) >= 11 is 0. The van der Waals surface area contributed by atoms with Gasteiger partial charge in [0.2, 0.25) is 0 Å². The minimum Gasteiger partial charge on any atom is -0.429 e. The second kappa shape index (κ2) is 11.1. The smallest absolute Gasteiger partial charge is 0.387 e. The van der Waals surface area contributed by atoms with Gasteiger partial charge in [0.1, 0.15) is 5.75 Å². The quantitative estimate of drug-likeness (QED) is 0.180. The number of rotatable bonds is 6. The summed E-state index contributed by atoms with van der Waals surface area (Å²) in [5, 5.41) is 0. The molecule has 0 N–H and O–H groups in total. The molecule has 3 saturated carbocycles. The minimum atomic E-state index is -3.35. The number of esters is 1. The monoisotopic (exact) mass is 482 g/mol. The molecule has 0 spiro atoms. The third-order valence-electron chi connectivity index (χ3n) is 8.34. The second-order valence-corrected chi connectivity index (χ2v) is 10.3. The van der Waals surface area contributed by atoms with E-state index in [1.165, 1.54) is 25.7 Å². The van der Waals surface area contributed by atoms with Crippen LogP contribution in [0.25, 0.3) is 0 Å². The maximum atomic E-state index is 14.0. The standard InChI is InChI=1S/C27H34F4O3/c1-2-4-16-7-9-17(10-8-16)18-11-12-21-19(13-18)5-3-6-22(21)26(32)33-20-14-23(28)25(24(29)15-20)34-27(30)31/h2,4,14-19,21-22,27H,3,5-13H2,1H3/b4-2+. The molecule has 4 atom stereocenters. The maximum Gasteiger partial charge on any atom is 0.387 e. The summed E-state index contributed by atoms with van der Waals surface area (Å²) in [6.07, 6.45) is 15.6. The first-order valence-corrected chi connectivity index (χ1v) is 12.6. The first kappa shape index (κ1) is 25.1. The molecule has 0 bridgehead atoms. The molecule has 3 aliphatic rings. The maximum absolute atomic E-state index is 14.0. The Balaban J connectivity index is 1.36. The average Bonchev–Trinajstić information content (AvgIpc) is 2.81. The van der Waals surface area contributed by atoms with E-state index < -0.39 is 30.0 Å². The van der Waals surface area contributed by atoms with Gasteiger partial charge in [-0.2, -0.15) is 8.78 Å². The van der Waals surface area contributed by atoms with Crippen LogP contribution >= 0.6 is 0 Å². The molecule has 3 fully saturated rings. The number of hydrogen-bond donors (Lipinski definition) is 0. The van der Waals surface area contributed by atoms with Crippen molar-refractivity contribution in [2.45, 2.75) is 77.7 Å². The summed E-state index contributed by atoms with van der Waals surface area (Å²) in [4.78, 5) is 13.0. The predicted molar refractivity (Wildman–Crippen MR) is 121 cm³/mol. The molecule has 0 aliphatic heterocycles. The third kappa shape index (κ3) is 5.77. The molecule has 0 heterocycles. The van der Waals surface area contributed by atoms with E-state index in [4.69, 9.17) is 4.74 Å². The Hall–Kier alpha value is -2.05. The van der Waals surface area contributed by atoms with Crippen LogP contribution in [0.2, 0.25) is 0 Å². The number of allylic oxidation sites excluding steroid dienone is 2. The van der Waals surface area contributed by atoms with Gasteiger partial charge in [-0.05, 0) is 87.9 Å². The van der Waals surface area contributed by atoms with E-state index in [9.17, 15) is 22.4 Å². The van der Waals surface area contributed by atoms with Gasteiger partial charge in [-0.15, -0.1) is 0 Å². The fraction of sp³-hybridized carbons (Fsp3) is 0.667. The Morgan fingerprint density at radius 1 is 0.941 bits per heavy atom. The molecule has 3 nitrogen and oxygen atoms in total. The molecule has 1 aromatic carbocycles. The van der Waals surface area contributed by atoms with Crippen molar-refractivity contribution in [2.24, 2.45) is 35.5 Å². The molecule has 3 aliphatic carbocycles. The molecule has 34 heavy (non-hydrogen) atoms. The number of halogens is 4. The van der Waals surface area contributed by atoms with Gasteiger partial charge < -0.3 is 9.47 Å². The summed E-state index contributed by atoms with van der Waals surface area (Å²) in [6.45, 7) is -1.27. The van der Waals surface area contributed by atoms with Crippen LogP contribution in [-0.4, -0.2) is 12.6 Å². The Kier molecular flexibility index (Phi) is 8.20. The highest BCUT2D eigenvalue weighted by atomic mass is 19.3. The van der Waals surface area contributed by atoms with E-state index >= 15 is 0 Å². The van der Waals surface area contributed by atoms with Crippen LogP contribution in [0.15, 0.2) is 24.3 Å². The highest BCUT2D eigenvalue weighted by Gasteiger charge is 2.43. The summed E-state index contributed by atoms with van der Waals surface area (Å²) in [5.41, 5.74) is 0. The second-order valence-electron chi connectivity index (χ2n) is 10.3. The minimum absolute atomic E-state index is 0.230. The molecule has 0 aromatic heterocycles. The van der Waals surface area contributed by atoms with E-state index in [0.29, 0.717) is 18.3 Å². The number of carbonyl (C=O) groups is 1. The summed E-state index contributed by atoms with van der Waals surface area (Å²) in [7, 11) is 0. The number of alkyl halides is 2. The molecule has 0 amide bonds. The SMILES string of the molecule is C/C=C/C1CCC(C2CCC3C(CCCC3C(=O)Oc3cc(F)c(OC(F)F)c(F)c3)C2)CC1. The Labute approximate surface area is 198 Å². The van der Waals surface area contributed by atoms with Crippen molar-refractivity contribution < 1.29 is 31.8 Å². The van der Waals surface area contributed by atoms with Crippen LogP contribution in [0.1, 0.15) is 71.1 Å². The topological polar surface area (TPSA) is 35.5 Å².